The monoisotopic (exact) mass is 373 g/mol. The molecule has 0 fully saturated rings. The van der Waals surface area contributed by atoms with Gasteiger partial charge in [0, 0.05) is 29.9 Å². The van der Waals surface area contributed by atoms with Gasteiger partial charge in [-0.3, -0.25) is 14.3 Å². The topological polar surface area (TPSA) is 68.0 Å². The predicted octanol–water partition coefficient (Wildman–Crippen LogP) is 4.02. The molecule has 0 bridgehead atoms. The number of halogens is 1. The molecule has 0 saturated carbocycles. The van der Waals surface area contributed by atoms with Crippen molar-refractivity contribution in [3.8, 4) is 39.5 Å². The van der Waals surface area contributed by atoms with Crippen molar-refractivity contribution in [1.29, 1.82) is 0 Å². The third kappa shape index (κ3) is 3.16. The molecule has 0 aliphatic rings. The summed E-state index contributed by atoms with van der Waals surface area (Å²) in [6.45, 7) is 0. The van der Waals surface area contributed by atoms with Gasteiger partial charge in [0.15, 0.2) is 5.75 Å². The summed E-state index contributed by atoms with van der Waals surface area (Å²) in [6.07, 6.45) is 2.69. The summed E-state index contributed by atoms with van der Waals surface area (Å²) in [7, 11) is 1.53. The molecule has 138 valence electrons. The molecule has 4 rings (SSSR count). The molecule has 4 aromatic rings. The first-order valence-corrected chi connectivity index (χ1v) is 8.61. The average Bonchev–Trinajstić information content (AvgIpc) is 2.73. The maximum atomic E-state index is 14.7. The van der Waals surface area contributed by atoms with Crippen LogP contribution in [-0.2, 0) is 7.05 Å². The fourth-order valence-electron chi connectivity index (χ4n) is 3.05. The van der Waals surface area contributed by atoms with Crippen LogP contribution in [0.2, 0.25) is 0 Å². The van der Waals surface area contributed by atoms with Crippen LogP contribution in [0.5, 0.6) is 5.75 Å². The number of pyridine rings is 1. The van der Waals surface area contributed by atoms with Crippen LogP contribution >= 0.6 is 0 Å². The summed E-state index contributed by atoms with van der Waals surface area (Å²) in [5.41, 5.74) is 2.58. The van der Waals surface area contributed by atoms with E-state index in [0.717, 1.165) is 11.8 Å². The standard InChI is InChI=1S/C22H16FN3O2/c1-26-21(25-13-20(27)22(26)28)16-9-10-24-19(12-16)15-7-8-17(18(23)11-15)14-5-3-2-4-6-14/h2-13,27H,1H3. The average molecular weight is 373 g/mol. The highest BCUT2D eigenvalue weighted by Gasteiger charge is 2.12. The Labute approximate surface area is 160 Å². The van der Waals surface area contributed by atoms with Gasteiger partial charge >= 0.3 is 0 Å². The molecule has 0 atom stereocenters. The molecule has 2 aromatic heterocycles. The number of hydrogen-bond acceptors (Lipinski definition) is 4. The van der Waals surface area contributed by atoms with Crippen LogP contribution in [0, 0.1) is 5.82 Å². The van der Waals surface area contributed by atoms with Gasteiger partial charge in [-0.05, 0) is 23.8 Å². The van der Waals surface area contributed by atoms with Crippen molar-refractivity contribution in [1.82, 2.24) is 14.5 Å². The molecule has 1 N–H and O–H groups in total. The predicted molar refractivity (Wildman–Crippen MR) is 105 cm³/mol. The number of benzene rings is 2. The summed E-state index contributed by atoms with van der Waals surface area (Å²) in [5, 5.41) is 9.50. The van der Waals surface area contributed by atoms with E-state index in [1.54, 1.807) is 30.5 Å². The second kappa shape index (κ2) is 7.08. The highest BCUT2D eigenvalue weighted by Crippen LogP contribution is 2.28. The maximum Gasteiger partial charge on any atom is 0.295 e. The SMILES string of the molecule is Cn1c(-c2ccnc(-c3ccc(-c4ccccc4)c(F)c3)c2)ncc(O)c1=O. The van der Waals surface area contributed by atoms with Crippen LogP contribution in [0.3, 0.4) is 0 Å². The van der Waals surface area contributed by atoms with Crippen molar-refractivity contribution in [2.45, 2.75) is 0 Å². The lowest BCUT2D eigenvalue weighted by Gasteiger charge is -2.10. The molecule has 0 aliphatic carbocycles. The van der Waals surface area contributed by atoms with E-state index in [4.69, 9.17) is 0 Å². The number of rotatable bonds is 3. The molecule has 0 spiro atoms. The molecule has 28 heavy (non-hydrogen) atoms. The van der Waals surface area contributed by atoms with Crippen molar-refractivity contribution < 1.29 is 9.50 Å². The Morgan fingerprint density at radius 3 is 2.46 bits per heavy atom. The normalized spacial score (nSPS) is 10.8. The first-order chi connectivity index (χ1) is 13.5. The lowest BCUT2D eigenvalue weighted by molar-refractivity contribution is 0.457. The van der Waals surface area contributed by atoms with Crippen LogP contribution in [-0.4, -0.2) is 19.6 Å². The molecule has 0 amide bonds. The zero-order valence-electron chi connectivity index (χ0n) is 15.0. The smallest absolute Gasteiger partial charge is 0.295 e. The summed E-state index contributed by atoms with van der Waals surface area (Å²) in [5.74, 6) is -0.377. The number of hydrogen-bond donors (Lipinski definition) is 1. The number of aromatic nitrogens is 3. The van der Waals surface area contributed by atoms with Crippen molar-refractivity contribution in [3.05, 3.63) is 89.2 Å². The first kappa shape index (κ1) is 17.6. The Morgan fingerprint density at radius 1 is 0.929 bits per heavy atom. The van der Waals surface area contributed by atoms with E-state index in [1.165, 1.54) is 17.7 Å². The van der Waals surface area contributed by atoms with Crippen molar-refractivity contribution in [2.75, 3.05) is 0 Å². The van der Waals surface area contributed by atoms with Crippen molar-refractivity contribution >= 4 is 0 Å². The molecule has 6 heteroatoms. The molecular weight excluding hydrogens is 357 g/mol. The van der Waals surface area contributed by atoms with E-state index in [-0.39, 0.29) is 5.82 Å². The molecular formula is C22H16FN3O2. The van der Waals surface area contributed by atoms with E-state index in [2.05, 4.69) is 9.97 Å². The number of aromatic hydroxyl groups is 1. The summed E-state index contributed by atoms with van der Waals surface area (Å²) >= 11 is 0. The minimum absolute atomic E-state index is 0.342. The summed E-state index contributed by atoms with van der Waals surface area (Å²) in [4.78, 5) is 20.4. The van der Waals surface area contributed by atoms with Crippen LogP contribution in [0.4, 0.5) is 4.39 Å². The Balaban J connectivity index is 1.76. The number of nitrogens with zero attached hydrogens (tertiary/aromatic N) is 3. The van der Waals surface area contributed by atoms with Crippen LogP contribution in [0.15, 0.2) is 77.9 Å². The van der Waals surface area contributed by atoms with Gasteiger partial charge in [0.25, 0.3) is 5.56 Å². The lowest BCUT2D eigenvalue weighted by Crippen LogP contribution is -2.19. The Bertz CT molecular complexity index is 1220. The highest BCUT2D eigenvalue weighted by molar-refractivity contribution is 5.71. The Kier molecular flexibility index (Phi) is 4.45. The molecule has 0 saturated heterocycles. The molecule has 0 radical (unpaired) electrons. The molecule has 0 aliphatic heterocycles. The molecule has 5 nitrogen and oxygen atoms in total. The highest BCUT2D eigenvalue weighted by atomic mass is 19.1. The van der Waals surface area contributed by atoms with Crippen molar-refractivity contribution in [2.24, 2.45) is 7.05 Å². The van der Waals surface area contributed by atoms with E-state index in [9.17, 15) is 14.3 Å². The van der Waals surface area contributed by atoms with E-state index in [0.29, 0.717) is 28.2 Å². The van der Waals surface area contributed by atoms with Crippen LogP contribution < -0.4 is 5.56 Å². The van der Waals surface area contributed by atoms with Crippen molar-refractivity contribution in [3.63, 3.8) is 0 Å². The lowest BCUT2D eigenvalue weighted by atomic mass is 10.0. The minimum atomic E-state index is -0.540. The fourth-order valence-corrected chi connectivity index (χ4v) is 3.05. The third-order valence-electron chi connectivity index (χ3n) is 4.52. The Morgan fingerprint density at radius 2 is 1.71 bits per heavy atom. The third-order valence-corrected chi connectivity index (χ3v) is 4.52. The molecule has 0 unspecified atom stereocenters. The second-order valence-electron chi connectivity index (χ2n) is 6.32. The maximum absolute atomic E-state index is 14.7. The minimum Gasteiger partial charge on any atom is -0.502 e. The van der Waals surface area contributed by atoms with Gasteiger partial charge in [0.1, 0.15) is 11.6 Å². The largest absolute Gasteiger partial charge is 0.502 e. The van der Waals surface area contributed by atoms with Gasteiger partial charge in [-0.15, -0.1) is 0 Å². The zero-order valence-corrected chi connectivity index (χ0v) is 15.0. The van der Waals surface area contributed by atoms with Gasteiger partial charge in [-0.25, -0.2) is 9.37 Å². The fraction of sp³-hybridized carbons (Fsp3) is 0.0455. The van der Waals surface area contributed by atoms with Gasteiger partial charge in [0.2, 0.25) is 0 Å². The summed E-state index contributed by atoms with van der Waals surface area (Å²) in [6, 6.07) is 17.7. The van der Waals surface area contributed by atoms with Gasteiger partial charge < -0.3 is 5.11 Å². The Hall–Kier alpha value is -3.80. The van der Waals surface area contributed by atoms with Gasteiger partial charge in [0.05, 0.1) is 11.9 Å². The van der Waals surface area contributed by atoms with Gasteiger partial charge in [-0.2, -0.15) is 0 Å². The zero-order chi connectivity index (χ0) is 19.7. The van der Waals surface area contributed by atoms with Crippen LogP contribution in [0.25, 0.3) is 33.8 Å². The molecule has 2 heterocycles. The van der Waals surface area contributed by atoms with Crippen LogP contribution in [0.1, 0.15) is 0 Å². The van der Waals surface area contributed by atoms with E-state index < -0.39 is 11.3 Å². The van der Waals surface area contributed by atoms with E-state index in [1.807, 2.05) is 30.3 Å². The summed E-state index contributed by atoms with van der Waals surface area (Å²) < 4.78 is 16.0. The quantitative estimate of drug-likeness (QED) is 0.589. The van der Waals surface area contributed by atoms with Gasteiger partial charge in [-0.1, -0.05) is 42.5 Å². The second-order valence-corrected chi connectivity index (χ2v) is 6.32. The van der Waals surface area contributed by atoms with E-state index >= 15 is 0 Å². The molecule has 2 aromatic carbocycles. The first-order valence-electron chi connectivity index (χ1n) is 8.61.